The van der Waals surface area contributed by atoms with Crippen molar-refractivity contribution in [2.45, 2.75) is 38.6 Å². The normalized spacial score (nSPS) is 18.8. The van der Waals surface area contributed by atoms with Crippen molar-refractivity contribution < 1.29 is 4.92 Å². The summed E-state index contributed by atoms with van der Waals surface area (Å²) in [4.78, 5) is 12.8. The first kappa shape index (κ1) is 14.8. The molecule has 1 aliphatic rings. The number of nitro benzene ring substituents is 1. The lowest BCUT2D eigenvalue weighted by Gasteiger charge is -2.31. The predicted octanol–water partition coefficient (Wildman–Crippen LogP) is 2.95. The summed E-state index contributed by atoms with van der Waals surface area (Å²) in [5.74, 6) is 0. The molecule has 1 N–H and O–H groups in total. The van der Waals surface area contributed by atoms with Crippen LogP contribution in [0.2, 0.25) is 0 Å². The van der Waals surface area contributed by atoms with E-state index in [2.05, 4.69) is 17.1 Å². The predicted molar refractivity (Wildman–Crippen MR) is 81.2 cm³/mol. The van der Waals surface area contributed by atoms with Gasteiger partial charge in [-0.2, -0.15) is 0 Å². The number of rotatable bonds is 6. The van der Waals surface area contributed by atoms with Crippen molar-refractivity contribution in [1.82, 2.24) is 5.32 Å². The van der Waals surface area contributed by atoms with Crippen molar-refractivity contribution in [3.8, 4) is 0 Å². The number of hydrogen-bond acceptors (Lipinski definition) is 4. The third-order valence-electron chi connectivity index (χ3n) is 3.75. The summed E-state index contributed by atoms with van der Waals surface area (Å²) in [5.41, 5.74) is 1.12. The number of anilines is 1. The molecule has 0 aliphatic carbocycles. The van der Waals surface area contributed by atoms with Gasteiger partial charge in [0, 0.05) is 37.0 Å². The molecule has 110 valence electrons. The molecule has 1 aromatic rings. The van der Waals surface area contributed by atoms with Crippen LogP contribution in [0.25, 0.3) is 0 Å². The lowest BCUT2D eigenvalue weighted by Crippen LogP contribution is -2.44. The largest absolute Gasteiger partial charge is 0.370 e. The molecule has 0 spiro atoms. The fourth-order valence-electron chi connectivity index (χ4n) is 2.74. The molecule has 0 amide bonds. The molecule has 5 heteroatoms. The van der Waals surface area contributed by atoms with E-state index in [1.165, 1.54) is 19.3 Å². The molecule has 1 unspecified atom stereocenters. The molecular weight excluding hydrogens is 254 g/mol. The van der Waals surface area contributed by atoms with Crippen LogP contribution in [-0.4, -0.2) is 30.6 Å². The summed E-state index contributed by atoms with van der Waals surface area (Å²) >= 11 is 0. The minimum absolute atomic E-state index is 0.167. The van der Waals surface area contributed by atoms with Crippen LogP contribution in [0, 0.1) is 10.1 Å². The highest BCUT2D eigenvalue weighted by Gasteiger charge is 2.18. The number of piperidine rings is 1. The Labute approximate surface area is 120 Å². The minimum Gasteiger partial charge on any atom is -0.370 e. The Hall–Kier alpha value is -1.62. The highest BCUT2D eigenvalue weighted by Crippen LogP contribution is 2.22. The lowest BCUT2D eigenvalue weighted by molar-refractivity contribution is -0.384. The van der Waals surface area contributed by atoms with E-state index in [9.17, 15) is 10.1 Å². The smallest absolute Gasteiger partial charge is 0.271 e. The highest BCUT2D eigenvalue weighted by molar-refractivity contribution is 5.53. The fourth-order valence-corrected chi connectivity index (χ4v) is 2.74. The second-order valence-electron chi connectivity index (χ2n) is 5.37. The maximum Gasteiger partial charge on any atom is 0.271 e. The van der Waals surface area contributed by atoms with Gasteiger partial charge in [0.15, 0.2) is 0 Å². The van der Waals surface area contributed by atoms with Crippen molar-refractivity contribution in [3.63, 3.8) is 0 Å². The van der Waals surface area contributed by atoms with Gasteiger partial charge in [-0.3, -0.25) is 10.1 Å². The first-order chi connectivity index (χ1) is 9.70. The van der Waals surface area contributed by atoms with Gasteiger partial charge in [-0.1, -0.05) is 19.4 Å². The van der Waals surface area contributed by atoms with Crippen LogP contribution < -0.4 is 10.2 Å². The van der Waals surface area contributed by atoms with Crippen LogP contribution >= 0.6 is 0 Å². The zero-order chi connectivity index (χ0) is 14.4. The Morgan fingerprint density at radius 2 is 2.30 bits per heavy atom. The topological polar surface area (TPSA) is 58.4 Å². The van der Waals surface area contributed by atoms with E-state index >= 15 is 0 Å². The number of nitrogens with zero attached hydrogens (tertiary/aromatic N) is 2. The number of non-ortho nitro benzene ring substituents is 1. The van der Waals surface area contributed by atoms with E-state index in [1.807, 2.05) is 6.07 Å². The number of hydrogen-bond donors (Lipinski definition) is 1. The third kappa shape index (κ3) is 3.93. The van der Waals surface area contributed by atoms with Crippen molar-refractivity contribution in [1.29, 1.82) is 0 Å². The van der Waals surface area contributed by atoms with Crippen LogP contribution in [-0.2, 0) is 0 Å². The average molecular weight is 277 g/mol. The average Bonchev–Trinajstić information content (AvgIpc) is 2.48. The minimum atomic E-state index is -0.327. The standard InChI is InChI=1S/C15H23N3O2/c1-2-10-17(12-13-6-3-4-9-16-13)14-7-5-8-15(11-14)18(19)20/h5,7-8,11,13,16H,2-4,6,9-10,12H2,1H3. The van der Waals surface area contributed by atoms with Crippen LogP contribution in [0.4, 0.5) is 11.4 Å². The van der Waals surface area contributed by atoms with Crippen molar-refractivity contribution >= 4 is 11.4 Å². The summed E-state index contributed by atoms with van der Waals surface area (Å²) in [6.45, 7) is 5.08. The van der Waals surface area contributed by atoms with Crippen molar-refractivity contribution in [3.05, 3.63) is 34.4 Å². The van der Waals surface area contributed by atoms with Gasteiger partial charge in [0.1, 0.15) is 0 Å². The Morgan fingerprint density at radius 3 is 2.95 bits per heavy atom. The van der Waals surface area contributed by atoms with Crippen LogP contribution in [0.5, 0.6) is 0 Å². The van der Waals surface area contributed by atoms with Gasteiger partial charge >= 0.3 is 0 Å². The highest BCUT2D eigenvalue weighted by atomic mass is 16.6. The summed E-state index contributed by atoms with van der Waals surface area (Å²) < 4.78 is 0. The fraction of sp³-hybridized carbons (Fsp3) is 0.600. The van der Waals surface area contributed by atoms with Gasteiger partial charge in [0.2, 0.25) is 0 Å². The van der Waals surface area contributed by atoms with Crippen LogP contribution in [0.15, 0.2) is 24.3 Å². The Kier molecular flexibility index (Phi) is 5.35. The first-order valence-corrected chi connectivity index (χ1v) is 7.43. The molecule has 0 aromatic heterocycles. The molecule has 1 aromatic carbocycles. The van der Waals surface area contributed by atoms with E-state index in [-0.39, 0.29) is 10.6 Å². The molecule has 20 heavy (non-hydrogen) atoms. The van der Waals surface area contributed by atoms with Gasteiger partial charge < -0.3 is 10.2 Å². The number of nitrogens with one attached hydrogen (secondary N) is 1. The van der Waals surface area contributed by atoms with Gasteiger partial charge in [-0.25, -0.2) is 0 Å². The van der Waals surface area contributed by atoms with Crippen LogP contribution in [0.3, 0.4) is 0 Å². The molecule has 1 heterocycles. The Bertz CT molecular complexity index is 444. The SMILES string of the molecule is CCCN(CC1CCCCN1)c1cccc([N+](=O)[O-])c1. The molecule has 5 nitrogen and oxygen atoms in total. The molecule has 2 rings (SSSR count). The summed E-state index contributed by atoms with van der Waals surface area (Å²) in [6, 6.07) is 7.45. The first-order valence-electron chi connectivity index (χ1n) is 7.43. The van der Waals surface area contributed by atoms with E-state index in [0.717, 1.165) is 31.7 Å². The monoisotopic (exact) mass is 277 g/mol. The van der Waals surface area contributed by atoms with E-state index < -0.39 is 0 Å². The Morgan fingerprint density at radius 1 is 1.45 bits per heavy atom. The molecule has 1 fully saturated rings. The van der Waals surface area contributed by atoms with Crippen LogP contribution in [0.1, 0.15) is 32.6 Å². The van der Waals surface area contributed by atoms with E-state index in [4.69, 9.17) is 0 Å². The van der Waals surface area contributed by atoms with E-state index in [0.29, 0.717) is 6.04 Å². The third-order valence-corrected chi connectivity index (χ3v) is 3.75. The van der Waals surface area contributed by atoms with Crippen molar-refractivity contribution in [2.24, 2.45) is 0 Å². The molecule has 1 atom stereocenters. The zero-order valence-electron chi connectivity index (χ0n) is 12.0. The second-order valence-corrected chi connectivity index (χ2v) is 5.37. The van der Waals surface area contributed by atoms with Gasteiger partial charge in [-0.15, -0.1) is 0 Å². The van der Waals surface area contributed by atoms with Gasteiger partial charge in [-0.05, 0) is 31.9 Å². The Balaban J connectivity index is 2.10. The zero-order valence-corrected chi connectivity index (χ0v) is 12.0. The van der Waals surface area contributed by atoms with E-state index in [1.54, 1.807) is 18.2 Å². The summed E-state index contributed by atoms with van der Waals surface area (Å²) in [7, 11) is 0. The maximum atomic E-state index is 10.9. The molecule has 0 radical (unpaired) electrons. The number of benzene rings is 1. The summed E-state index contributed by atoms with van der Waals surface area (Å²) in [5, 5.41) is 14.4. The quantitative estimate of drug-likeness (QED) is 0.641. The molecular formula is C15H23N3O2. The van der Waals surface area contributed by atoms with Gasteiger partial charge in [0.25, 0.3) is 5.69 Å². The second kappa shape index (κ2) is 7.24. The molecule has 1 aliphatic heterocycles. The summed E-state index contributed by atoms with van der Waals surface area (Å²) in [6.07, 6.45) is 4.75. The number of nitro groups is 1. The lowest BCUT2D eigenvalue weighted by atomic mass is 10.0. The maximum absolute atomic E-state index is 10.9. The van der Waals surface area contributed by atoms with Crippen molar-refractivity contribution in [2.75, 3.05) is 24.5 Å². The van der Waals surface area contributed by atoms with Gasteiger partial charge in [0.05, 0.1) is 4.92 Å². The molecule has 0 bridgehead atoms. The molecule has 1 saturated heterocycles. The molecule has 0 saturated carbocycles.